The van der Waals surface area contributed by atoms with Crippen molar-refractivity contribution in [1.82, 2.24) is 15.6 Å². The second-order valence-electron chi connectivity index (χ2n) is 4.40. The molecule has 0 aliphatic rings. The van der Waals surface area contributed by atoms with Gasteiger partial charge in [-0.1, -0.05) is 12.1 Å². The first kappa shape index (κ1) is 14.5. The van der Waals surface area contributed by atoms with Gasteiger partial charge in [-0.05, 0) is 29.8 Å². The quantitative estimate of drug-likeness (QED) is 0.778. The van der Waals surface area contributed by atoms with Gasteiger partial charge in [0.15, 0.2) is 5.69 Å². The van der Waals surface area contributed by atoms with Crippen molar-refractivity contribution in [3.63, 3.8) is 0 Å². The summed E-state index contributed by atoms with van der Waals surface area (Å²) in [6.45, 7) is 0.336. The maximum atomic E-state index is 11.9. The zero-order valence-electron chi connectivity index (χ0n) is 11.6. The minimum Gasteiger partial charge on any atom is -0.397 e. The summed E-state index contributed by atoms with van der Waals surface area (Å²) in [5.41, 5.74) is 7.69. The third-order valence-electron chi connectivity index (χ3n) is 2.95. The zero-order valence-corrected chi connectivity index (χ0v) is 11.6. The first-order chi connectivity index (χ1) is 10.1. The lowest BCUT2D eigenvalue weighted by Crippen LogP contribution is -2.25. The number of nitrogens with zero attached hydrogens (tertiary/aromatic N) is 1. The fraction of sp³-hybridized carbons (Fsp3) is 0.133. The number of nitrogen functional groups attached to an aromatic ring is 1. The minimum absolute atomic E-state index is 0.146. The fourth-order valence-electron chi connectivity index (χ4n) is 1.79. The van der Waals surface area contributed by atoms with Crippen molar-refractivity contribution in [2.24, 2.45) is 0 Å². The molecular weight excluding hydrogens is 268 g/mol. The fourth-order valence-corrected chi connectivity index (χ4v) is 1.79. The number of nitrogens with one attached hydrogen (secondary N) is 2. The first-order valence-electron chi connectivity index (χ1n) is 6.41. The highest BCUT2D eigenvalue weighted by molar-refractivity contribution is 5.97. The van der Waals surface area contributed by atoms with Gasteiger partial charge in [0, 0.05) is 25.4 Å². The predicted molar refractivity (Wildman–Crippen MR) is 79.7 cm³/mol. The number of benzene rings is 1. The first-order valence-corrected chi connectivity index (χ1v) is 6.41. The van der Waals surface area contributed by atoms with Gasteiger partial charge in [0.2, 0.25) is 0 Å². The summed E-state index contributed by atoms with van der Waals surface area (Å²) in [7, 11) is 1.58. The minimum atomic E-state index is -0.330. The van der Waals surface area contributed by atoms with Crippen LogP contribution in [0, 0.1) is 0 Å². The van der Waals surface area contributed by atoms with E-state index >= 15 is 0 Å². The Kier molecular flexibility index (Phi) is 4.50. The van der Waals surface area contributed by atoms with Crippen LogP contribution in [0.3, 0.4) is 0 Å². The number of nitrogens with two attached hydrogens (primary N) is 1. The van der Waals surface area contributed by atoms with Gasteiger partial charge < -0.3 is 16.4 Å². The van der Waals surface area contributed by atoms with Crippen LogP contribution in [-0.4, -0.2) is 23.8 Å². The molecule has 2 aromatic rings. The average Bonchev–Trinajstić information content (AvgIpc) is 2.52. The largest absolute Gasteiger partial charge is 0.397 e. The molecule has 108 valence electrons. The molecule has 1 aromatic carbocycles. The van der Waals surface area contributed by atoms with E-state index in [1.165, 1.54) is 6.20 Å². The second-order valence-corrected chi connectivity index (χ2v) is 4.40. The zero-order chi connectivity index (χ0) is 15.2. The monoisotopic (exact) mass is 284 g/mol. The predicted octanol–water partition coefficient (Wildman–Crippen LogP) is 0.953. The van der Waals surface area contributed by atoms with E-state index in [0.717, 1.165) is 5.56 Å². The van der Waals surface area contributed by atoms with Crippen LogP contribution in [0.2, 0.25) is 0 Å². The number of carbonyl (C=O) groups excluding carboxylic acids is 2. The van der Waals surface area contributed by atoms with Gasteiger partial charge in [-0.2, -0.15) is 0 Å². The van der Waals surface area contributed by atoms with Gasteiger partial charge in [-0.3, -0.25) is 9.59 Å². The Balaban J connectivity index is 1.99. The number of hydrogen-bond donors (Lipinski definition) is 3. The highest BCUT2D eigenvalue weighted by Crippen LogP contribution is 2.08. The molecule has 0 atom stereocenters. The van der Waals surface area contributed by atoms with Gasteiger partial charge >= 0.3 is 0 Å². The number of aromatic nitrogens is 1. The van der Waals surface area contributed by atoms with Crippen LogP contribution in [0.1, 0.15) is 26.4 Å². The van der Waals surface area contributed by atoms with E-state index in [0.29, 0.717) is 17.8 Å². The lowest BCUT2D eigenvalue weighted by atomic mass is 10.1. The molecule has 0 saturated carbocycles. The number of rotatable bonds is 4. The highest BCUT2D eigenvalue weighted by atomic mass is 16.2. The summed E-state index contributed by atoms with van der Waals surface area (Å²) >= 11 is 0. The normalized spacial score (nSPS) is 9.95. The van der Waals surface area contributed by atoms with E-state index < -0.39 is 0 Å². The number of pyridine rings is 1. The van der Waals surface area contributed by atoms with Crippen LogP contribution in [0.15, 0.2) is 42.6 Å². The summed E-state index contributed by atoms with van der Waals surface area (Å²) in [5.74, 6) is -0.477. The molecule has 0 aliphatic carbocycles. The van der Waals surface area contributed by atoms with Gasteiger partial charge in [0.25, 0.3) is 11.8 Å². The smallest absolute Gasteiger partial charge is 0.272 e. The Morgan fingerprint density at radius 1 is 1.14 bits per heavy atom. The van der Waals surface area contributed by atoms with Crippen molar-refractivity contribution in [3.8, 4) is 0 Å². The van der Waals surface area contributed by atoms with Crippen LogP contribution >= 0.6 is 0 Å². The Labute approximate surface area is 122 Å². The van der Waals surface area contributed by atoms with E-state index in [9.17, 15) is 9.59 Å². The standard InChI is InChI=1S/C15H16N4O2/c1-17-14(20)11-6-4-10(5-7-11)9-19-15(21)13-12(16)3-2-8-18-13/h2-8H,9,16H2,1H3,(H,17,20)(H,19,21). The molecule has 0 spiro atoms. The van der Waals surface area contributed by atoms with Crippen LogP contribution in [0.4, 0.5) is 5.69 Å². The molecule has 6 heteroatoms. The summed E-state index contributed by atoms with van der Waals surface area (Å²) in [4.78, 5) is 27.3. The molecule has 0 bridgehead atoms. The maximum Gasteiger partial charge on any atom is 0.272 e. The Hall–Kier alpha value is -2.89. The molecule has 0 aliphatic heterocycles. The van der Waals surface area contributed by atoms with Crippen molar-refractivity contribution in [2.75, 3.05) is 12.8 Å². The van der Waals surface area contributed by atoms with Gasteiger partial charge in [0.1, 0.15) is 0 Å². The third-order valence-corrected chi connectivity index (χ3v) is 2.95. The van der Waals surface area contributed by atoms with Crippen LogP contribution in [0.5, 0.6) is 0 Å². The number of carbonyl (C=O) groups is 2. The topological polar surface area (TPSA) is 97.1 Å². The van der Waals surface area contributed by atoms with E-state index in [1.54, 1.807) is 43.4 Å². The Morgan fingerprint density at radius 3 is 2.48 bits per heavy atom. The summed E-state index contributed by atoms with van der Waals surface area (Å²) in [6.07, 6.45) is 1.52. The SMILES string of the molecule is CNC(=O)c1ccc(CNC(=O)c2ncccc2N)cc1. The number of anilines is 1. The summed E-state index contributed by atoms with van der Waals surface area (Å²) < 4.78 is 0. The Morgan fingerprint density at radius 2 is 1.86 bits per heavy atom. The summed E-state index contributed by atoms with van der Waals surface area (Å²) in [5, 5.41) is 5.28. The van der Waals surface area contributed by atoms with Crippen molar-refractivity contribution in [3.05, 3.63) is 59.4 Å². The van der Waals surface area contributed by atoms with Crippen LogP contribution in [0.25, 0.3) is 0 Å². The molecule has 21 heavy (non-hydrogen) atoms. The highest BCUT2D eigenvalue weighted by Gasteiger charge is 2.10. The molecule has 2 rings (SSSR count). The molecule has 0 radical (unpaired) electrons. The molecule has 4 N–H and O–H groups in total. The molecule has 0 unspecified atom stereocenters. The van der Waals surface area contributed by atoms with Gasteiger partial charge in [-0.15, -0.1) is 0 Å². The molecule has 0 fully saturated rings. The van der Waals surface area contributed by atoms with Crippen molar-refractivity contribution in [2.45, 2.75) is 6.54 Å². The van der Waals surface area contributed by atoms with Crippen molar-refractivity contribution >= 4 is 17.5 Å². The van der Waals surface area contributed by atoms with E-state index in [1.807, 2.05) is 0 Å². The van der Waals surface area contributed by atoms with Gasteiger partial charge in [0.05, 0.1) is 5.69 Å². The second kappa shape index (κ2) is 6.51. The molecule has 6 nitrogen and oxygen atoms in total. The van der Waals surface area contributed by atoms with Crippen molar-refractivity contribution < 1.29 is 9.59 Å². The molecule has 1 heterocycles. The molecule has 1 aromatic heterocycles. The van der Waals surface area contributed by atoms with Gasteiger partial charge in [-0.25, -0.2) is 4.98 Å². The van der Waals surface area contributed by atoms with E-state index in [4.69, 9.17) is 5.73 Å². The van der Waals surface area contributed by atoms with E-state index in [-0.39, 0.29) is 17.5 Å². The number of amides is 2. The number of hydrogen-bond acceptors (Lipinski definition) is 4. The average molecular weight is 284 g/mol. The maximum absolute atomic E-state index is 11.9. The summed E-state index contributed by atoms with van der Waals surface area (Å²) in [6, 6.07) is 10.3. The molecule has 2 amide bonds. The molecular formula is C15H16N4O2. The lowest BCUT2D eigenvalue weighted by Gasteiger charge is -2.07. The lowest BCUT2D eigenvalue weighted by molar-refractivity contribution is 0.0943. The third kappa shape index (κ3) is 3.56. The Bertz CT molecular complexity index is 653. The van der Waals surface area contributed by atoms with Crippen LogP contribution < -0.4 is 16.4 Å². The van der Waals surface area contributed by atoms with Crippen molar-refractivity contribution in [1.29, 1.82) is 0 Å². The van der Waals surface area contributed by atoms with E-state index in [2.05, 4.69) is 15.6 Å². The molecule has 0 saturated heterocycles. The van der Waals surface area contributed by atoms with Crippen LogP contribution in [-0.2, 0) is 6.54 Å².